The first-order chi connectivity index (χ1) is 12.4. The van der Waals surface area contributed by atoms with E-state index in [-0.39, 0.29) is 0 Å². The average Bonchev–Trinajstić information content (AvgIpc) is 2.65. The van der Waals surface area contributed by atoms with Gasteiger partial charge in [0.2, 0.25) is 0 Å². The number of unbranched alkanes of at least 4 members (excludes halogenated alkanes) is 4. The minimum Gasteiger partial charge on any atom is -0.480 e. The third-order valence-electron chi connectivity index (χ3n) is 5.19. The Bertz CT molecular complexity index is 279. The van der Waals surface area contributed by atoms with Gasteiger partial charge < -0.3 is 10.8 Å². The van der Waals surface area contributed by atoms with Gasteiger partial charge in [-0.05, 0) is 18.4 Å². The molecular weight excluding hydrogens is 361 g/mol. The van der Waals surface area contributed by atoms with Crippen LogP contribution in [0.3, 0.4) is 0 Å². The van der Waals surface area contributed by atoms with Gasteiger partial charge in [0.1, 0.15) is 6.04 Å². The van der Waals surface area contributed by atoms with Gasteiger partial charge in [-0.3, -0.25) is 4.79 Å². The zero-order valence-corrected chi connectivity index (χ0v) is 20.1. The van der Waals surface area contributed by atoms with Crippen LogP contribution in [-0.2, 0) is 4.79 Å². The monoisotopic (exact) mass is 409 g/mol. The Balaban J connectivity index is 0. The predicted molar refractivity (Wildman–Crippen MR) is 126 cm³/mol. The van der Waals surface area contributed by atoms with Gasteiger partial charge in [0.15, 0.2) is 0 Å². The van der Waals surface area contributed by atoms with Crippen molar-refractivity contribution in [2.75, 3.05) is 36.7 Å². The second-order valence-electron chi connectivity index (χ2n) is 7.64. The summed E-state index contributed by atoms with van der Waals surface area (Å²) in [6.45, 7) is 9.44. The Morgan fingerprint density at radius 2 is 1.23 bits per heavy atom. The Labute approximate surface area is 169 Å². The van der Waals surface area contributed by atoms with Crippen molar-refractivity contribution in [2.45, 2.75) is 91.5 Å². The molecule has 0 bridgehead atoms. The molecule has 0 saturated heterocycles. The van der Waals surface area contributed by atoms with Crippen LogP contribution in [0.5, 0.6) is 0 Å². The number of carboxylic acids is 1. The first-order valence-corrected chi connectivity index (χ1v) is 15.1. The van der Waals surface area contributed by atoms with Gasteiger partial charge in [0.25, 0.3) is 0 Å². The fraction of sp³-hybridized carbons (Fsp3) is 0.952. The predicted octanol–water partition coefficient (Wildman–Crippen LogP) is 6.09. The van der Waals surface area contributed by atoms with Crippen molar-refractivity contribution in [3.8, 4) is 0 Å². The minimum atomic E-state index is -0.913. The zero-order chi connectivity index (χ0) is 20.3. The average molecular weight is 410 g/mol. The van der Waals surface area contributed by atoms with Crippen LogP contribution in [0.15, 0.2) is 0 Å². The van der Waals surface area contributed by atoms with E-state index in [0.29, 0.717) is 6.42 Å². The fourth-order valence-corrected chi connectivity index (χ4v) is 9.73. The van der Waals surface area contributed by atoms with Crippen LogP contribution in [0.25, 0.3) is 0 Å². The molecule has 5 heteroatoms. The first-order valence-electron chi connectivity index (χ1n) is 10.9. The van der Waals surface area contributed by atoms with Crippen LogP contribution >= 0.6 is 19.0 Å². The van der Waals surface area contributed by atoms with Crippen molar-refractivity contribution >= 4 is 25.0 Å². The van der Waals surface area contributed by atoms with E-state index < -0.39 is 19.3 Å². The Morgan fingerprint density at radius 1 is 0.885 bits per heavy atom. The van der Waals surface area contributed by atoms with Crippen molar-refractivity contribution < 1.29 is 9.90 Å². The van der Waals surface area contributed by atoms with Gasteiger partial charge >= 0.3 is 117 Å². The standard InChI is InChI=1S/C16H37P.C5H11NO2S/c1-5-9-13-17(14-10-6-2,15-11-7-3)16-12-8-4;1-9-3-2-4(6)5(7)8/h17H,5-16H2,1-4H3;4H,2-3,6H2,1H3,(H,7,8). The number of hydrogen-bond donors (Lipinski definition) is 2. The molecule has 26 heavy (non-hydrogen) atoms. The second kappa shape index (κ2) is 20.0. The smallest absolute Gasteiger partial charge is 0.320 e. The van der Waals surface area contributed by atoms with E-state index in [4.69, 9.17) is 10.8 Å². The maximum Gasteiger partial charge on any atom is 0.320 e. The van der Waals surface area contributed by atoms with Crippen molar-refractivity contribution in [3.05, 3.63) is 0 Å². The third kappa shape index (κ3) is 16.4. The molecule has 160 valence electrons. The van der Waals surface area contributed by atoms with Gasteiger partial charge in [-0.15, -0.1) is 0 Å². The van der Waals surface area contributed by atoms with Crippen LogP contribution in [0.4, 0.5) is 0 Å². The molecule has 0 aliphatic carbocycles. The summed E-state index contributed by atoms with van der Waals surface area (Å²) < 4.78 is 0. The number of aliphatic carboxylic acids is 1. The van der Waals surface area contributed by atoms with Gasteiger partial charge in [0.05, 0.1) is 0 Å². The van der Waals surface area contributed by atoms with Crippen LogP contribution in [-0.4, -0.2) is 53.8 Å². The van der Waals surface area contributed by atoms with Gasteiger partial charge in [0, 0.05) is 0 Å². The van der Waals surface area contributed by atoms with Crippen molar-refractivity contribution in [1.82, 2.24) is 0 Å². The molecule has 0 aromatic heterocycles. The second-order valence-corrected chi connectivity index (χ2v) is 13.6. The summed E-state index contributed by atoms with van der Waals surface area (Å²) in [6, 6.07) is -0.683. The first kappa shape index (κ1) is 28.4. The Hall–Kier alpha value is 0.210. The number of rotatable bonds is 16. The minimum absolute atomic E-state index is 0.552. The number of nitrogens with two attached hydrogens (primary N) is 1. The number of thioether (sulfide) groups is 1. The van der Waals surface area contributed by atoms with E-state index in [1.807, 2.05) is 6.26 Å². The third-order valence-corrected chi connectivity index (χ3v) is 11.5. The quantitative estimate of drug-likeness (QED) is 0.303. The molecule has 1 unspecified atom stereocenters. The normalized spacial score (nSPS) is 13.0. The molecule has 3 N–H and O–H groups in total. The summed E-state index contributed by atoms with van der Waals surface area (Å²) >= 11 is 1.60. The molecule has 0 aliphatic rings. The van der Waals surface area contributed by atoms with E-state index in [1.165, 1.54) is 51.4 Å². The summed E-state index contributed by atoms with van der Waals surface area (Å²) in [5, 5.41) is 8.27. The maximum atomic E-state index is 10.1. The van der Waals surface area contributed by atoms with Crippen molar-refractivity contribution in [1.29, 1.82) is 0 Å². The molecule has 0 fully saturated rings. The summed E-state index contributed by atoms with van der Waals surface area (Å²) in [5.41, 5.74) is 5.19. The zero-order valence-electron chi connectivity index (χ0n) is 18.3. The Kier molecular flexibility index (Phi) is 21.8. The number of carbonyl (C=O) groups is 1. The molecule has 0 saturated carbocycles. The fourth-order valence-electron chi connectivity index (χ4n) is 3.33. The molecule has 1 atom stereocenters. The van der Waals surface area contributed by atoms with E-state index in [0.717, 1.165) is 5.75 Å². The SMILES string of the molecule is CCCC[PH](CCCC)(CCCC)CCCC.CSCCC(N)C(=O)O. The molecule has 0 radical (unpaired) electrons. The van der Waals surface area contributed by atoms with Crippen LogP contribution in [0.1, 0.15) is 85.5 Å². The molecule has 0 heterocycles. The van der Waals surface area contributed by atoms with E-state index in [1.54, 1.807) is 36.4 Å². The molecule has 0 amide bonds. The summed E-state index contributed by atoms with van der Waals surface area (Å²) in [6.07, 6.45) is 20.6. The molecule has 3 nitrogen and oxygen atoms in total. The van der Waals surface area contributed by atoms with E-state index >= 15 is 0 Å². The maximum absolute atomic E-state index is 10.1. The molecule has 0 rings (SSSR count). The van der Waals surface area contributed by atoms with Crippen LogP contribution in [0, 0.1) is 0 Å². The summed E-state index contributed by atoms with van der Waals surface area (Å²) in [5.74, 6) is -0.1000. The van der Waals surface area contributed by atoms with Crippen molar-refractivity contribution in [2.24, 2.45) is 5.73 Å². The van der Waals surface area contributed by atoms with Crippen molar-refractivity contribution in [3.63, 3.8) is 0 Å². The van der Waals surface area contributed by atoms with E-state index in [9.17, 15) is 4.79 Å². The van der Waals surface area contributed by atoms with Gasteiger partial charge in [-0.1, -0.05) is 0 Å². The number of carboxylic acid groups (broad SMARTS) is 1. The molecule has 0 aromatic rings. The summed E-state index contributed by atoms with van der Waals surface area (Å²) in [4.78, 5) is 10.1. The molecule has 0 aromatic carbocycles. The number of hydrogen-bond acceptors (Lipinski definition) is 3. The topological polar surface area (TPSA) is 63.3 Å². The Morgan fingerprint density at radius 3 is 1.46 bits per heavy atom. The molecule has 0 aliphatic heterocycles. The van der Waals surface area contributed by atoms with Gasteiger partial charge in [-0.25, -0.2) is 0 Å². The molecule has 0 spiro atoms. The van der Waals surface area contributed by atoms with Gasteiger partial charge in [-0.2, -0.15) is 11.8 Å². The van der Waals surface area contributed by atoms with Crippen LogP contribution < -0.4 is 5.73 Å². The summed E-state index contributed by atoms with van der Waals surface area (Å²) in [7, 11) is -0.879. The van der Waals surface area contributed by atoms with Crippen LogP contribution in [0.2, 0.25) is 0 Å². The molecular formula is C21H48NO2PS. The van der Waals surface area contributed by atoms with E-state index in [2.05, 4.69) is 27.7 Å². The largest absolute Gasteiger partial charge is 0.480 e.